The number of esters is 3. The minimum Gasteiger partial charge on any atom is -0.459 e. The van der Waals surface area contributed by atoms with Crippen LogP contribution in [-0.4, -0.2) is 154 Å². The summed E-state index contributed by atoms with van der Waals surface area (Å²) in [5, 5.41) is 0. The predicted molar refractivity (Wildman–Crippen MR) is 240 cm³/mol. The number of hydrogen-bond donors (Lipinski definition) is 0. The average Bonchev–Trinajstić information content (AvgIpc) is 4.05. The van der Waals surface area contributed by atoms with Crippen molar-refractivity contribution in [3.05, 3.63) is 108 Å². The van der Waals surface area contributed by atoms with Gasteiger partial charge in [-0.05, 0) is 91.8 Å². The van der Waals surface area contributed by atoms with Crippen molar-refractivity contribution in [2.45, 2.75) is 165 Å². The molecule has 0 N–H and O–H groups in total. The lowest BCUT2D eigenvalue weighted by Crippen LogP contribution is -2.62. The Balaban J connectivity index is 1.05. The van der Waals surface area contributed by atoms with Gasteiger partial charge < -0.3 is 75.8 Å². The van der Waals surface area contributed by atoms with Gasteiger partial charge in [0.2, 0.25) is 0 Å². The zero-order valence-electron chi connectivity index (χ0n) is 40.6. The van der Waals surface area contributed by atoms with Gasteiger partial charge in [0, 0.05) is 7.11 Å². The van der Waals surface area contributed by atoms with E-state index >= 15 is 0 Å². The van der Waals surface area contributed by atoms with Crippen LogP contribution >= 0.6 is 0 Å². The molecule has 0 spiro atoms. The van der Waals surface area contributed by atoms with Crippen molar-refractivity contribution in [3.8, 4) is 0 Å². The minimum absolute atomic E-state index is 0.0303. The largest absolute Gasteiger partial charge is 0.459 e. The molecule has 6 fully saturated rings. The quantitative estimate of drug-likeness (QED) is 0.0995. The summed E-state index contributed by atoms with van der Waals surface area (Å²) < 4.78 is 102. The standard InChI is InChI=1S/C51H62O19/c1-48(2,55-9)58-27-33-36-37(67-49(3,4)66-36)40(45(59-33)57-26-32-35-38(68-50(5,6)65-35)41-47(61-32)70-51(7,8)69-41)64-46-39(63-44(54)30-23-17-12-18-24-30)34(62-43(53)29-21-15-11-16-22-29)31(60-46)25-56-42(52)28-19-13-10-14-20-28/h10-24,31-41,45-47H,25-27H2,1-9H3/t31-,32+,33+,34-,35-,36-,37-,38-,39+,40+,41+,45+,46-,47+/m0/s1. The van der Waals surface area contributed by atoms with E-state index in [0.29, 0.717) is 0 Å². The average molecular weight is 979 g/mol. The van der Waals surface area contributed by atoms with Crippen molar-refractivity contribution >= 4 is 17.9 Å². The van der Waals surface area contributed by atoms with Crippen LogP contribution in [0, 0.1) is 0 Å². The first-order valence-corrected chi connectivity index (χ1v) is 23.5. The number of ether oxygens (including phenoxy) is 16. The fourth-order valence-corrected chi connectivity index (χ4v) is 9.31. The Morgan fingerprint density at radius 1 is 0.500 bits per heavy atom. The lowest BCUT2D eigenvalue weighted by Gasteiger charge is -2.44. The van der Waals surface area contributed by atoms with Gasteiger partial charge in [0.15, 0.2) is 54.2 Å². The van der Waals surface area contributed by atoms with Crippen molar-refractivity contribution < 1.29 is 90.2 Å². The Hall–Kier alpha value is -4.45. The molecule has 0 unspecified atom stereocenters. The summed E-state index contributed by atoms with van der Waals surface area (Å²) >= 11 is 0. The summed E-state index contributed by atoms with van der Waals surface area (Å²) in [5.41, 5.74) is 0.674. The summed E-state index contributed by atoms with van der Waals surface area (Å²) in [7, 11) is 1.53. The van der Waals surface area contributed by atoms with Crippen molar-refractivity contribution in [2.75, 3.05) is 26.9 Å². The van der Waals surface area contributed by atoms with Crippen LogP contribution in [0.15, 0.2) is 91.0 Å². The van der Waals surface area contributed by atoms with Crippen molar-refractivity contribution in [1.29, 1.82) is 0 Å². The molecule has 6 aliphatic rings. The molecular formula is C51H62O19. The maximum atomic E-state index is 14.1. The van der Waals surface area contributed by atoms with Crippen molar-refractivity contribution in [3.63, 3.8) is 0 Å². The van der Waals surface area contributed by atoms with Gasteiger partial charge in [-0.25, -0.2) is 14.4 Å². The molecule has 14 atom stereocenters. The molecule has 9 rings (SSSR count). The van der Waals surface area contributed by atoms with Crippen LogP contribution in [0.2, 0.25) is 0 Å². The molecule has 0 radical (unpaired) electrons. The van der Waals surface area contributed by atoms with Crippen molar-refractivity contribution in [1.82, 2.24) is 0 Å². The maximum absolute atomic E-state index is 14.1. The molecule has 0 aliphatic carbocycles. The molecule has 0 saturated carbocycles. The zero-order chi connectivity index (χ0) is 49.6. The highest BCUT2D eigenvalue weighted by Gasteiger charge is 2.63. The highest BCUT2D eigenvalue weighted by Crippen LogP contribution is 2.46. The highest BCUT2D eigenvalue weighted by molar-refractivity contribution is 5.91. The van der Waals surface area contributed by atoms with Crippen LogP contribution in [0.1, 0.15) is 86.5 Å². The van der Waals surface area contributed by atoms with E-state index in [-0.39, 0.29) is 29.9 Å². The molecule has 380 valence electrons. The normalized spacial score (nSPS) is 34.8. The maximum Gasteiger partial charge on any atom is 0.338 e. The van der Waals surface area contributed by atoms with Crippen LogP contribution in [0.3, 0.4) is 0 Å². The first-order valence-electron chi connectivity index (χ1n) is 23.5. The van der Waals surface area contributed by atoms with Crippen LogP contribution in [0.4, 0.5) is 0 Å². The molecule has 0 aromatic heterocycles. The lowest BCUT2D eigenvalue weighted by molar-refractivity contribution is -0.339. The zero-order valence-corrected chi connectivity index (χ0v) is 40.6. The van der Waals surface area contributed by atoms with E-state index in [4.69, 9.17) is 75.8 Å². The van der Waals surface area contributed by atoms with Crippen LogP contribution in [-0.2, 0) is 75.8 Å². The number of carbonyl (C=O) groups excluding carboxylic acids is 3. The van der Waals surface area contributed by atoms with Gasteiger partial charge in [-0.15, -0.1) is 0 Å². The third kappa shape index (κ3) is 11.3. The van der Waals surface area contributed by atoms with Gasteiger partial charge in [0.1, 0.15) is 61.5 Å². The third-order valence-electron chi connectivity index (χ3n) is 12.6. The number of rotatable bonds is 16. The summed E-state index contributed by atoms with van der Waals surface area (Å²) in [6, 6.07) is 24.9. The number of fused-ring (bicyclic) bond motifs is 4. The number of methoxy groups -OCH3 is 1. The Morgan fingerprint density at radius 3 is 1.56 bits per heavy atom. The van der Waals surface area contributed by atoms with Gasteiger partial charge in [0.05, 0.1) is 29.9 Å². The van der Waals surface area contributed by atoms with E-state index in [1.165, 1.54) is 7.11 Å². The molecule has 0 amide bonds. The monoisotopic (exact) mass is 978 g/mol. The molecule has 6 aliphatic heterocycles. The van der Waals surface area contributed by atoms with Crippen LogP contribution < -0.4 is 0 Å². The summed E-state index contributed by atoms with van der Waals surface area (Å²) in [5.74, 6) is -6.35. The third-order valence-corrected chi connectivity index (χ3v) is 12.6. The van der Waals surface area contributed by atoms with E-state index in [2.05, 4.69) is 0 Å². The first-order chi connectivity index (χ1) is 33.3. The van der Waals surface area contributed by atoms with Gasteiger partial charge in [-0.1, -0.05) is 54.6 Å². The Labute approximate surface area is 406 Å². The Kier molecular flexibility index (Phi) is 14.6. The highest BCUT2D eigenvalue weighted by atomic mass is 16.9. The second-order valence-electron chi connectivity index (χ2n) is 19.6. The Morgan fingerprint density at radius 2 is 0.971 bits per heavy atom. The topological polar surface area (TPSA) is 199 Å². The number of hydrogen-bond acceptors (Lipinski definition) is 19. The van der Waals surface area contributed by atoms with Crippen molar-refractivity contribution in [2.24, 2.45) is 0 Å². The number of benzene rings is 3. The number of carbonyl (C=O) groups is 3. The van der Waals surface area contributed by atoms with Gasteiger partial charge in [-0.2, -0.15) is 0 Å². The molecule has 6 heterocycles. The van der Waals surface area contributed by atoms with Gasteiger partial charge in [-0.3, -0.25) is 0 Å². The second kappa shape index (κ2) is 20.2. The van der Waals surface area contributed by atoms with Gasteiger partial charge >= 0.3 is 17.9 Å². The lowest BCUT2D eigenvalue weighted by atomic mass is 9.98. The van der Waals surface area contributed by atoms with E-state index < -0.39 is 134 Å². The molecule has 6 saturated heterocycles. The molecule has 19 nitrogen and oxygen atoms in total. The van der Waals surface area contributed by atoms with Crippen LogP contribution in [0.5, 0.6) is 0 Å². The smallest absolute Gasteiger partial charge is 0.338 e. The first kappa shape index (κ1) is 50.5. The van der Waals surface area contributed by atoms with E-state index in [9.17, 15) is 14.4 Å². The molecule has 70 heavy (non-hydrogen) atoms. The Bertz CT molecular complexity index is 2280. The fraction of sp³-hybridized carbons (Fsp3) is 0.588. The molecule has 3 aromatic rings. The van der Waals surface area contributed by atoms with E-state index in [1.807, 2.05) is 13.8 Å². The molecule has 19 heteroatoms. The summed E-state index contributed by atoms with van der Waals surface area (Å²) in [6.45, 7) is 13.6. The van der Waals surface area contributed by atoms with Crippen LogP contribution in [0.25, 0.3) is 0 Å². The predicted octanol–water partition coefficient (Wildman–Crippen LogP) is 5.46. The SMILES string of the molecule is COC(C)(C)OC[C@H]1O[C@@H](OC[C@H]2O[C@@H]3OC(C)(C)O[C@@H]3[C@H]3OC(C)(C)O[C@H]32)[C@H](O[C@@H]2O[C@@H](COC(=O)c3ccccc3)[C@H](OC(=O)c3ccccc3)[C@H]2OC(=O)c2ccccc2)[C@H]2OC(C)(C)O[C@H]21. The minimum atomic E-state index is -1.54. The summed E-state index contributed by atoms with van der Waals surface area (Å²) in [6.07, 6.45) is -14.2. The van der Waals surface area contributed by atoms with E-state index in [1.54, 1.807) is 133 Å². The summed E-state index contributed by atoms with van der Waals surface area (Å²) in [4.78, 5) is 41.3. The molecule has 3 aromatic carbocycles. The molecular weight excluding hydrogens is 917 g/mol. The van der Waals surface area contributed by atoms with E-state index in [0.717, 1.165) is 0 Å². The molecule has 0 bridgehead atoms. The fourth-order valence-electron chi connectivity index (χ4n) is 9.31. The van der Waals surface area contributed by atoms with Gasteiger partial charge in [0.25, 0.3) is 0 Å². The second-order valence-corrected chi connectivity index (χ2v) is 19.6.